The number of carbonyl (C=O) groups is 1. The Morgan fingerprint density at radius 3 is 1.39 bits per heavy atom. The topological polar surface area (TPSA) is 20.3 Å². The van der Waals surface area contributed by atoms with Gasteiger partial charge in [0.05, 0.1) is 0 Å². The molecule has 1 rings (SSSR count). The first-order valence-electron chi connectivity index (χ1n) is 21.5. The minimum atomic E-state index is 0.336. The van der Waals surface area contributed by atoms with Gasteiger partial charge in [-0.1, -0.05) is 164 Å². The van der Waals surface area contributed by atoms with E-state index < -0.39 is 0 Å². The smallest absolute Gasteiger partial charge is 0.136 e. The van der Waals surface area contributed by atoms with Gasteiger partial charge in [0.1, 0.15) is 5.78 Å². The molecule has 2 nitrogen and oxygen atoms in total. The van der Waals surface area contributed by atoms with Gasteiger partial charge in [0.15, 0.2) is 0 Å². The summed E-state index contributed by atoms with van der Waals surface area (Å²) in [6.07, 6.45) is 59.3. The molecular weight excluding hydrogens is 595 g/mol. The Kier molecular flexibility index (Phi) is 32.2. The van der Waals surface area contributed by atoms with E-state index in [2.05, 4.69) is 93.6 Å². The van der Waals surface area contributed by atoms with Crippen molar-refractivity contribution < 1.29 is 4.79 Å². The third kappa shape index (κ3) is 28.7. The predicted octanol–water partition coefficient (Wildman–Crippen LogP) is 14.9. The summed E-state index contributed by atoms with van der Waals surface area (Å²) in [6.45, 7) is 4.45. The molecule has 0 aromatic carbocycles. The lowest BCUT2D eigenvalue weighted by Crippen LogP contribution is -2.34. The van der Waals surface area contributed by atoms with E-state index in [0.29, 0.717) is 23.7 Å². The van der Waals surface area contributed by atoms with E-state index in [4.69, 9.17) is 0 Å². The number of nitrogens with zero attached hydrogens (tertiary/aromatic N) is 1. The Balaban J connectivity index is 2.24. The molecule has 1 unspecified atom stereocenters. The van der Waals surface area contributed by atoms with Crippen molar-refractivity contribution in [2.24, 2.45) is 11.8 Å². The number of ketones is 1. The second-order valence-electron chi connectivity index (χ2n) is 15.4. The highest BCUT2D eigenvalue weighted by Crippen LogP contribution is 2.31. The molecule has 0 aliphatic heterocycles. The Hall–Kier alpha value is -1.67. The third-order valence-corrected chi connectivity index (χ3v) is 10.7. The van der Waals surface area contributed by atoms with Crippen molar-refractivity contribution in [2.75, 3.05) is 14.1 Å². The van der Waals surface area contributed by atoms with Crippen molar-refractivity contribution in [3.8, 4) is 0 Å². The molecule has 0 aromatic rings. The molecule has 1 fully saturated rings. The zero-order chi connectivity index (χ0) is 35.5. The van der Waals surface area contributed by atoms with Crippen LogP contribution < -0.4 is 0 Å². The number of carbonyl (C=O) groups excluding carboxylic acids is 1. The monoisotopic (exact) mass is 678 g/mol. The first-order valence-corrected chi connectivity index (χ1v) is 21.5. The summed E-state index contributed by atoms with van der Waals surface area (Å²) in [7, 11) is 4.39. The fourth-order valence-corrected chi connectivity index (χ4v) is 7.36. The molecule has 1 saturated carbocycles. The van der Waals surface area contributed by atoms with Crippen molar-refractivity contribution in [3.63, 3.8) is 0 Å². The van der Waals surface area contributed by atoms with E-state index in [1.54, 1.807) is 0 Å². The van der Waals surface area contributed by atoms with E-state index in [1.807, 2.05) is 0 Å². The van der Waals surface area contributed by atoms with Crippen LogP contribution in [0.15, 0.2) is 60.8 Å². The first-order chi connectivity index (χ1) is 24.1. The third-order valence-electron chi connectivity index (χ3n) is 10.7. The van der Waals surface area contributed by atoms with Crippen molar-refractivity contribution >= 4 is 5.78 Å². The highest BCUT2D eigenvalue weighted by molar-refractivity contribution is 5.81. The maximum Gasteiger partial charge on any atom is 0.136 e. The number of allylic oxidation sites excluding steroid dienone is 10. The van der Waals surface area contributed by atoms with Crippen LogP contribution in [0.3, 0.4) is 0 Å². The maximum atomic E-state index is 13.4. The van der Waals surface area contributed by atoms with Gasteiger partial charge in [-0.25, -0.2) is 0 Å². The molecule has 282 valence electrons. The Morgan fingerprint density at radius 2 is 0.939 bits per heavy atom. The van der Waals surface area contributed by atoms with Crippen LogP contribution >= 0.6 is 0 Å². The molecule has 0 saturated heterocycles. The number of hydrogen-bond acceptors (Lipinski definition) is 2. The molecule has 0 amide bonds. The number of rotatable bonds is 33. The summed E-state index contributed by atoms with van der Waals surface area (Å²) >= 11 is 0. The van der Waals surface area contributed by atoms with Crippen LogP contribution in [0.1, 0.15) is 200 Å². The lowest BCUT2D eigenvalue weighted by atomic mass is 9.79. The van der Waals surface area contributed by atoms with Crippen molar-refractivity contribution in [1.29, 1.82) is 0 Å². The first kappa shape index (κ1) is 45.4. The molecular formula is C47H83NO. The van der Waals surface area contributed by atoms with E-state index in [9.17, 15) is 4.79 Å². The van der Waals surface area contributed by atoms with Gasteiger partial charge in [-0.3, -0.25) is 4.79 Å². The van der Waals surface area contributed by atoms with Gasteiger partial charge in [0.25, 0.3) is 0 Å². The van der Waals surface area contributed by atoms with Gasteiger partial charge >= 0.3 is 0 Å². The molecule has 1 aliphatic rings. The molecule has 2 heteroatoms. The predicted molar refractivity (Wildman–Crippen MR) is 220 cm³/mol. The molecule has 0 heterocycles. The van der Waals surface area contributed by atoms with Gasteiger partial charge in [0.2, 0.25) is 0 Å². The van der Waals surface area contributed by atoms with Gasteiger partial charge in [0, 0.05) is 18.4 Å². The average molecular weight is 678 g/mol. The molecule has 0 spiro atoms. The quantitative estimate of drug-likeness (QED) is 0.0509. The second-order valence-corrected chi connectivity index (χ2v) is 15.4. The van der Waals surface area contributed by atoms with Crippen LogP contribution in [0, 0.1) is 11.8 Å². The summed E-state index contributed by atoms with van der Waals surface area (Å²) in [5.74, 6) is 1.55. The highest BCUT2D eigenvalue weighted by Gasteiger charge is 2.28. The number of Topliss-reactive ketones (excluding diaryl/α,β-unsaturated/α-hetero) is 1. The van der Waals surface area contributed by atoms with Crippen molar-refractivity contribution in [1.82, 2.24) is 4.90 Å². The molecule has 0 radical (unpaired) electrons. The largest absolute Gasteiger partial charge is 0.306 e. The summed E-state index contributed by atoms with van der Waals surface area (Å²) in [5, 5.41) is 0. The fraction of sp³-hybridized carbons (Fsp3) is 0.766. The highest BCUT2D eigenvalue weighted by atomic mass is 16.1. The minimum Gasteiger partial charge on any atom is -0.306 e. The van der Waals surface area contributed by atoms with Crippen molar-refractivity contribution in [3.05, 3.63) is 60.8 Å². The van der Waals surface area contributed by atoms with Crippen LogP contribution in [0.4, 0.5) is 0 Å². The average Bonchev–Trinajstić information content (AvgIpc) is 3.11. The minimum absolute atomic E-state index is 0.336. The zero-order valence-corrected chi connectivity index (χ0v) is 33.4. The molecule has 49 heavy (non-hydrogen) atoms. The van der Waals surface area contributed by atoms with Crippen LogP contribution in [0.2, 0.25) is 0 Å². The van der Waals surface area contributed by atoms with E-state index in [0.717, 1.165) is 44.9 Å². The van der Waals surface area contributed by atoms with Gasteiger partial charge < -0.3 is 4.90 Å². The normalized spacial score (nSPS) is 18.1. The molecule has 0 aromatic heterocycles. The second kappa shape index (κ2) is 34.8. The molecule has 0 N–H and O–H groups in total. The molecule has 1 aliphatic carbocycles. The van der Waals surface area contributed by atoms with Crippen LogP contribution in [0.5, 0.6) is 0 Å². The van der Waals surface area contributed by atoms with Gasteiger partial charge in [-0.15, -0.1) is 0 Å². The lowest BCUT2D eigenvalue weighted by Gasteiger charge is -2.32. The summed E-state index contributed by atoms with van der Waals surface area (Å²) in [6, 6.07) is 0.675. The maximum absolute atomic E-state index is 13.4. The summed E-state index contributed by atoms with van der Waals surface area (Å²) in [4.78, 5) is 15.8. The summed E-state index contributed by atoms with van der Waals surface area (Å²) < 4.78 is 0. The number of unbranched alkanes of at least 4 members (excludes halogenated alkanes) is 15. The fourth-order valence-electron chi connectivity index (χ4n) is 7.36. The summed E-state index contributed by atoms with van der Waals surface area (Å²) in [5.41, 5.74) is 0. The van der Waals surface area contributed by atoms with Crippen LogP contribution in [0.25, 0.3) is 0 Å². The zero-order valence-electron chi connectivity index (χ0n) is 33.4. The van der Waals surface area contributed by atoms with E-state index >= 15 is 0 Å². The van der Waals surface area contributed by atoms with Crippen LogP contribution in [-0.4, -0.2) is 30.8 Å². The Labute approximate surface area is 307 Å². The van der Waals surface area contributed by atoms with E-state index in [1.165, 1.54) is 141 Å². The number of hydrogen-bond donors (Lipinski definition) is 0. The van der Waals surface area contributed by atoms with E-state index in [-0.39, 0.29) is 0 Å². The standard InChI is InChI=1S/C47H83NO/c1-5-7-9-11-13-15-17-19-21-23-25-27-29-31-33-35-37-44(43-47(49)45-39-41-46(42-40-45)48(3)4)38-36-34-32-30-28-26-24-22-20-18-16-14-12-10-8-6-2/h7,9,13-16,19-22,44-46H,5-6,8,10-12,17-18,23-43H2,1-4H3/b9-7-,15-13-,16-14-,21-19-,22-20-. The Bertz CT molecular complexity index is 869. The SMILES string of the molecule is CC/C=C\C/C=C\C/C=C\CCCCCCCCC(CCCCCCCC/C=C\C/C=C\CCCCC)CC(=O)C1CCC(N(C)C)CC1. The van der Waals surface area contributed by atoms with Gasteiger partial charge in [-0.2, -0.15) is 0 Å². The Morgan fingerprint density at radius 1 is 0.531 bits per heavy atom. The van der Waals surface area contributed by atoms with Crippen molar-refractivity contribution in [2.45, 2.75) is 206 Å². The molecule has 0 bridgehead atoms. The van der Waals surface area contributed by atoms with Gasteiger partial charge in [-0.05, 0) is 110 Å². The molecule has 1 atom stereocenters. The lowest BCUT2D eigenvalue weighted by molar-refractivity contribution is -0.125. The van der Waals surface area contributed by atoms with Crippen LogP contribution in [-0.2, 0) is 4.79 Å².